The van der Waals surface area contributed by atoms with Crippen LogP contribution in [0.2, 0.25) is 0 Å². The van der Waals surface area contributed by atoms with Gasteiger partial charge in [0.15, 0.2) is 11.2 Å². The van der Waals surface area contributed by atoms with Gasteiger partial charge >= 0.3 is 5.69 Å². The normalized spacial score (nSPS) is 11.0. The Morgan fingerprint density at radius 3 is 2.23 bits per heavy atom. The third-order valence-electron chi connectivity index (χ3n) is 6.57. The maximum absolute atomic E-state index is 13.1. The third-order valence-corrected chi connectivity index (χ3v) is 6.57. The predicted octanol–water partition coefficient (Wildman–Crippen LogP) is 3.21. The Morgan fingerprint density at radius 1 is 0.897 bits per heavy atom. The second-order valence-corrected chi connectivity index (χ2v) is 9.31. The molecule has 39 heavy (non-hydrogen) atoms. The standard InChI is InChI=1S/C26H21N5O3.C3H7NO/c1-28-23-22(24(32)29(2)26(28)33)30-15-21(17-11-13-18(34-3)14-12-17)31(25(30)27-23)20-10-6-8-16-7-4-5-9-19(16)20;1-4(2)3-5/h4-15H,1-3H3;3H,1-2H3. The average molecular weight is 525 g/mol. The van der Waals surface area contributed by atoms with Crippen molar-refractivity contribution < 1.29 is 9.53 Å². The van der Waals surface area contributed by atoms with E-state index in [4.69, 9.17) is 9.72 Å². The van der Waals surface area contributed by atoms with Gasteiger partial charge in [0.25, 0.3) is 5.56 Å². The van der Waals surface area contributed by atoms with E-state index in [1.165, 1.54) is 16.5 Å². The Morgan fingerprint density at radius 2 is 1.56 bits per heavy atom. The Labute approximate surface area is 223 Å². The first-order valence-electron chi connectivity index (χ1n) is 12.2. The van der Waals surface area contributed by atoms with Crippen LogP contribution in [0.3, 0.4) is 0 Å². The number of ether oxygens (including phenoxy) is 1. The zero-order valence-electron chi connectivity index (χ0n) is 22.3. The molecule has 198 valence electrons. The Bertz CT molecular complexity index is 1950. The Hall–Kier alpha value is -5.12. The molecule has 0 saturated heterocycles. The molecule has 3 aromatic carbocycles. The van der Waals surface area contributed by atoms with Crippen LogP contribution in [-0.4, -0.2) is 55.6 Å². The number of aromatic nitrogens is 5. The van der Waals surface area contributed by atoms with Crippen LogP contribution in [-0.2, 0) is 18.9 Å². The fourth-order valence-electron chi connectivity index (χ4n) is 4.58. The highest BCUT2D eigenvalue weighted by Crippen LogP contribution is 2.33. The van der Waals surface area contributed by atoms with Crippen LogP contribution < -0.4 is 16.0 Å². The van der Waals surface area contributed by atoms with E-state index in [1.807, 2.05) is 59.3 Å². The molecule has 1 amide bonds. The minimum atomic E-state index is -0.412. The van der Waals surface area contributed by atoms with Crippen molar-refractivity contribution >= 4 is 34.1 Å². The van der Waals surface area contributed by atoms with Gasteiger partial charge in [-0.25, -0.2) is 4.79 Å². The topological polar surface area (TPSA) is 95.8 Å². The summed E-state index contributed by atoms with van der Waals surface area (Å²) in [6.45, 7) is 0. The van der Waals surface area contributed by atoms with Crippen molar-refractivity contribution in [2.75, 3.05) is 21.2 Å². The Balaban J connectivity index is 0.000000567. The van der Waals surface area contributed by atoms with Crippen molar-refractivity contribution in [2.24, 2.45) is 14.1 Å². The fraction of sp³-hybridized carbons (Fsp3) is 0.172. The lowest BCUT2D eigenvalue weighted by Gasteiger charge is -2.12. The predicted molar refractivity (Wildman–Crippen MR) is 152 cm³/mol. The molecule has 0 aliphatic carbocycles. The summed E-state index contributed by atoms with van der Waals surface area (Å²) in [5, 5.41) is 2.14. The van der Waals surface area contributed by atoms with Crippen LogP contribution in [0.5, 0.6) is 5.75 Å². The van der Waals surface area contributed by atoms with Gasteiger partial charge in [0.05, 0.1) is 18.5 Å². The molecule has 6 rings (SSSR count). The van der Waals surface area contributed by atoms with Gasteiger partial charge in [-0.2, -0.15) is 4.98 Å². The smallest absolute Gasteiger partial charge is 0.332 e. The largest absolute Gasteiger partial charge is 0.497 e. The van der Waals surface area contributed by atoms with Crippen LogP contribution in [0, 0.1) is 0 Å². The number of carbonyl (C=O) groups is 1. The maximum atomic E-state index is 13.1. The number of carbonyl (C=O) groups excluding carboxylic acids is 1. The second-order valence-electron chi connectivity index (χ2n) is 9.31. The highest BCUT2D eigenvalue weighted by atomic mass is 16.5. The molecule has 0 aliphatic heterocycles. The molecule has 0 aliphatic rings. The summed E-state index contributed by atoms with van der Waals surface area (Å²) in [4.78, 5) is 41.3. The molecule has 0 spiro atoms. The van der Waals surface area contributed by atoms with Gasteiger partial charge in [-0.3, -0.25) is 27.7 Å². The van der Waals surface area contributed by atoms with E-state index >= 15 is 0 Å². The van der Waals surface area contributed by atoms with E-state index in [1.54, 1.807) is 32.7 Å². The SMILES string of the molecule is CN(C)C=O.COc1ccc(-c2cn3c4c(=O)n(C)c(=O)n(C)c4nc3n2-c2cccc3ccccc23)cc1. The fourth-order valence-corrected chi connectivity index (χ4v) is 4.58. The molecule has 0 N–H and O–H groups in total. The maximum Gasteiger partial charge on any atom is 0.332 e. The average Bonchev–Trinajstić information content (AvgIpc) is 3.51. The van der Waals surface area contributed by atoms with Gasteiger partial charge < -0.3 is 9.64 Å². The number of nitrogens with zero attached hydrogens (tertiary/aromatic N) is 6. The number of hydrogen-bond donors (Lipinski definition) is 0. The van der Waals surface area contributed by atoms with E-state index in [0.717, 1.165) is 44.4 Å². The van der Waals surface area contributed by atoms with E-state index in [2.05, 4.69) is 18.2 Å². The number of methoxy groups -OCH3 is 1. The lowest BCUT2D eigenvalue weighted by atomic mass is 10.1. The molecule has 10 nitrogen and oxygen atoms in total. The summed E-state index contributed by atoms with van der Waals surface area (Å²) in [7, 11) is 8.12. The first-order chi connectivity index (χ1) is 18.8. The van der Waals surface area contributed by atoms with Crippen LogP contribution in [0.4, 0.5) is 0 Å². The number of hydrogen-bond acceptors (Lipinski definition) is 5. The molecule has 3 aromatic heterocycles. The second kappa shape index (κ2) is 9.97. The third kappa shape index (κ3) is 4.25. The molecule has 0 fully saturated rings. The van der Waals surface area contributed by atoms with Gasteiger partial charge in [0.2, 0.25) is 12.2 Å². The lowest BCUT2D eigenvalue weighted by molar-refractivity contribution is -0.115. The number of aryl methyl sites for hydroxylation is 1. The van der Waals surface area contributed by atoms with Gasteiger partial charge in [0, 0.05) is 45.3 Å². The number of amides is 1. The molecule has 0 bridgehead atoms. The summed E-state index contributed by atoms with van der Waals surface area (Å²) in [6.07, 6.45) is 2.65. The first-order valence-corrected chi connectivity index (χ1v) is 12.2. The van der Waals surface area contributed by atoms with Crippen LogP contribution in [0.25, 0.3) is 44.7 Å². The molecule has 6 aromatic rings. The van der Waals surface area contributed by atoms with Gasteiger partial charge in [0.1, 0.15) is 5.75 Å². The van der Waals surface area contributed by atoms with E-state index < -0.39 is 5.69 Å². The number of benzene rings is 3. The molecule has 0 atom stereocenters. The Kier molecular flexibility index (Phi) is 6.53. The van der Waals surface area contributed by atoms with Crippen molar-refractivity contribution in [1.29, 1.82) is 0 Å². The molecule has 3 heterocycles. The number of imidazole rings is 2. The molecular formula is C29H28N6O4. The number of rotatable bonds is 4. The molecule has 0 saturated carbocycles. The molecule has 10 heteroatoms. The highest BCUT2D eigenvalue weighted by molar-refractivity contribution is 5.92. The molecule has 0 radical (unpaired) electrons. The van der Waals surface area contributed by atoms with Crippen molar-refractivity contribution in [3.05, 3.63) is 93.8 Å². The zero-order chi connectivity index (χ0) is 27.8. The zero-order valence-corrected chi connectivity index (χ0v) is 22.3. The van der Waals surface area contributed by atoms with Crippen LogP contribution in [0.1, 0.15) is 0 Å². The minimum absolute atomic E-state index is 0.346. The van der Waals surface area contributed by atoms with Crippen LogP contribution >= 0.6 is 0 Å². The van der Waals surface area contributed by atoms with E-state index in [9.17, 15) is 14.4 Å². The van der Waals surface area contributed by atoms with E-state index in [-0.39, 0.29) is 5.56 Å². The summed E-state index contributed by atoms with van der Waals surface area (Å²) in [5.74, 6) is 1.31. The molecular weight excluding hydrogens is 496 g/mol. The van der Waals surface area contributed by atoms with Gasteiger partial charge in [-0.1, -0.05) is 36.4 Å². The van der Waals surface area contributed by atoms with Crippen molar-refractivity contribution in [3.8, 4) is 22.7 Å². The summed E-state index contributed by atoms with van der Waals surface area (Å²) < 4.78 is 11.7. The lowest BCUT2D eigenvalue weighted by Crippen LogP contribution is -2.37. The van der Waals surface area contributed by atoms with Gasteiger partial charge in [-0.05, 0) is 35.7 Å². The number of fused-ring (bicyclic) bond motifs is 4. The monoisotopic (exact) mass is 524 g/mol. The molecule has 0 unspecified atom stereocenters. The first kappa shape index (κ1) is 25.5. The minimum Gasteiger partial charge on any atom is -0.497 e. The summed E-state index contributed by atoms with van der Waals surface area (Å²) in [6, 6.07) is 22.0. The van der Waals surface area contributed by atoms with Crippen molar-refractivity contribution in [3.63, 3.8) is 0 Å². The van der Waals surface area contributed by atoms with E-state index in [0.29, 0.717) is 16.9 Å². The van der Waals surface area contributed by atoms with Crippen LogP contribution in [0.15, 0.2) is 82.5 Å². The van der Waals surface area contributed by atoms with Gasteiger partial charge in [-0.15, -0.1) is 0 Å². The van der Waals surface area contributed by atoms with Crippen molar-refractivity contribution in [2.45, 2.75) is 0 Å². The summed E-state index contributed by atoms with van der Waals surface area (Å²) >= 11 is 0. The highest BCUT2D eigenvalue weighted by Gasteiger charge is 2.22. The van der Waals surface area contributed by atoms with Crippen molar-refractivity contribution in [1.82, 2.24) is 28.0 Å². The summed E-state index contributed by atoms with van der Waals surface area (Å²) in [5.41, 5.74) is 2.63. The quantitative estimate of drug-likeness (QED) is 0.330.